The molecule has 0 bridgehead atoms. The summed E-state index contributed by atoms with van der Waals surface area (Å²) in [5, 5.41) is 8.14. The summed E-state index contributed by atoms with van der Waals surface area (Å²) in [6, 6.07) is 1.87. The SMILES string of the molecule is C=CC=CC=CC(=O)OCCC#N. The number of rotatable bonds is 5. The molecule has 0 aliphatic rings. The van der Waals surface area contributed by atoms with Crippen LogP contribution >= 0.6 is 0 Å². The Morgan fingerprint density at radius 1 is 1.46 bits per heavy atom. The molecule has 68 valence electrons. The Hall–Kier alpha value is -1.82. The molecule has 0 unspecified atom stereocenters. The third kappa shape index (κ3) is 8.08. The summed E-state index contributed by atoms with van der Waals surface area (Å²) in [6.07, 6.45) is 8.03. The first kappa shape index (κ1) is 11.2. The zero-order chi connectivity index (χ0) is 9.94. The van der Waals surface area contributed by atoms with Crippen molar-refractivity contribution in [2.45, 2.75) is 6.42 Å². The first-order valence-corrected chi connectivity index (χ1v) is 3.80. The van der Waals surface area contributed by atoms with Crippen LogP contribution in [0.25, 0.3) is 0 Å². The average Bonchev–Trinajstić information content (AvgIpc) is 2.13. The van der Waals surface area contributed by atoms with Crippen LogP contribution in [0.15, 0.2) is 37.0 Å². The Bertz CT molecular complexity index is 259. The first-order valence-electron chi connectivity index (χ1n) is 3.80. The van der Waals surface area contributed by atoms with Gasteiger partial charge in [-0.1, -0.05) is 30.9 Å². The van der Waals surface area contributed by atoms with Gasteiger partial charge in [0.1, 0.15) is 6.61 Å². The van der Waals surface area contributed by atoms with Crippen molar-refractivity contribution in [1.82, 2.24) is 0 Å². The molecule has 0 aliphatic carbocycles. The summed E-state index contributed by atoms with van der Waals surface area (Å²) < 4.78 is 4.65. The number of nitrogens with zero attached hydrogens (tertiary/aromatic N) is 1. The molecule has 0 radical (unpaired) electrons. The van der Waals surface area contributed by atoms with Crippen LogP contribution in [-0.4, -0.2) is 12.6 Å². The average molecular weight is 177 g/mol. The monoisotopic (exact) mass is 177 g/mol. The van der Waals surface area contributed by atoms with Crippen LogP contribution in [0.3, 0.4) is 0 Å². The first-order chi connectivity index (χ1) is 6.31. The van der Waals surface area contributed by atoms with Crippen molar-refractivity contribution in [3.8, 4) is 6.07 Å². The van der Waals surface area contributed by atoms with Crippen LogP contribution in [0.2, 0.25) is 0 Å². The van der Waals surface area contributed by atoms with Gasteiger partial charge in [0, 0.05) is 6.08 Å². The zero-order valence-corrected chi connectivity index (χ0v) is 7.27. The van der Waals surface area contributed by atoms with Crippen molar-refractivity contribution >= 4 is 5.97 Å². The maximum Gasteiger partial charge on any atom is 0.330 e. The quantitative estimate of drug-likeness (QED) is 0.278. The molecule has 0 aliphatic heterocycles. The summed E-state index contributed by atoms with van der Waals surface area (Å²) in [4.78, 5) is 10.8. The van der Waals surface area contributed by atoms with Crippen molar-refractivity contribution in [3.63, 3.8) is 0 Å². The fourth-order valence-electron chi connectivity index (χ4n) is 0.522. The molecule has 0 amide bonds. The van der Waals surface area contributed by atoms with E-state index in [2.05, 4.69) is 11.3 Å². The summed E-state index contributed by atoms with van der Waals surface area (Å²) in [5.41, 5.74) is 0. The van der Waals surface area contributed by atoms with Crippen molar-refractivity contribution in [2.24, 2.45) is 0 Å². The Morgan fingerprint density at radius 2 is 2.23 bits per heavy atom. The number of nitriles is 1. The van der Waals surface area contributed by atoms with Crippen molar-refractivity contribution in [3.05, 3.63) is 37.0 Å². The molecule has 3 heteroatoms. The smallest absolute Gasteiger partial charge is 0.330 e. The molecular formula is C10H11NO2. The van der Waals surface area contributed by atoms with Crippen molar-refractivity contribution in [2.75, 3.05) is 6.61 Å². The van der Waals surface area contributed by atoms with Crippen LogP contribution in [0, 0.1) is 11.3 Å². The van der Waals surface area contributed by atoms with Crippen molar-refractivity contribution < 1.29 is 9.53 Å². The van der Waals surface area contributed by atoms with Crippen LogP contribution in [0.5, 0.6) is 0 Å². The Labute approximate surface area is 77.6 Å². The van der Waals surface area contributed by atoms with Crippen LogP contribution in [0.4, 0.5) is 0 Å². The third-order valence-electron chi connectivity index (χ3n) is 1.05. The minimum atomic E-state index is -0.441. The minimum absolute atomic E-state index is 0.144. The van der Waals surface area contributed by atoms with Gasteiger partial charge in [-0.3, -0.25) is 0 Å². The van der Waals surface area contributed by atoms with E-state index in [1.807, 2.05) is 6.07 Å². The van der Waals surface area contributed by atoms with Gasteiger partial charge in [-0.05, 0) is 0 Å². The molecule has 0 saturated heterocycles. The number of allylic oxidation sites excluding steroid dienone is 4. The van der Waals surface area contributed by atoms with E-state index in [0.717, 1.165) is 0 Å². The molecule has 0 aromatic carbocycles. The van der Waals surface area contributed by atoms with Gasteiger partial charge in [0.2, 0.25) is 0 Å². The molecule has 0 fully saturated rings. The maximum atomic E-state index is 10.8. The predicted molar refractivity (Wildman–Crippen MR) is 49.7 cm³/mol. The Morgan fingerprint density at radius 3 is 2.85 bits per heavy atom. The predicted octanol–water partition coefficient (Wildman–Crippen LogP) is 1.74. The van der Waals surface area contributed by atoms with E-state index < -0.39 is 5.97 Å². The third-order valence-corrected chi connectivity index (χ3v) is 1.05. The lowest BCUT2D eigenvalue weighted by Crippen LogP contribution is -2.00. The summed E-state index contributed by atoms with van der Waals surface area (Å²) in [6.45, 7) is 3.61. The van der Waals surface area contributed by atoms with E-state index in [4.69, 9.17) is 5.26 Å². The maximum absolute atomic E-state index is 10.8. The molecule has 13 heavy (non-hydrogen) atoms. The molecule has 0 atom stereocenters. The number of hydrogen-bond donors (Lipinski definition) is 0. The van der Waals surface area contributed by atoms with Crippen LogP contribution in [-0.2, 0) is 9.53 Å². The molecule has 0 N–H and O–H groups in total. The van der Waals surface area contributed by atoms with E-state index in [9.17, 15) is 4.79 Å². The highest BCUT2D eigenvalue weighted by Gasteiger charge is 1.93. The standard InChI is InChI=1S/C10H11NO2/c1-2-3-4-5-7-10(12)13-9-6-8-11/h2-5,7H,1,6,9H2. The molecule has 0 saturated carbocycles. The van der Waals surface area contributed by atoms with Crippen LogP contribution < -0.4 is 0 Å². The Kier molecular flexibility index (Phi) is 7.12. The van der Waals surface area contributed by atoms with E-state index >= 15 is 0 Å². The van der Waals surface area contributed by atoms with E-state index in [1.165, 1.54) is 6.08 Å². The van der Waals surface area contributed by atoms with Gasteiger partial charge in [-0.15, -0.1) is 0 Å². The second-order valence-electron chi connectivity index (χ2n) is 2.06. The second kappa shape index (κ2) is 8.28. The second-order valence-corrected chi connectivity index (χ2v) is 2.06. The summed E-state index contributed by atoms with van der Waals surface area (Å²) >= 11 is 0. The number of carbonyl (C=O) groups excluding carboxylic acids is 1. The molecule has 3 nitrogen and oxygen atoms in total. The van der Waals surface area contributed by atoms with Gasteiger partial charge in [0.15, 0.2) is 0 Å². The van der Waals surface area contributed by atoms with Gasteiger partial charge in [0.05, 0.1) is 12.5 Å². The number of hydrogen-bond acceptors (Lipinski definition) is 3. The normalized spacial score (nSPS) is 10.1. The van der Waals surface area contributed by atoms with Gasteiger partial charge in [0.25, 0.3) is 0 Å². The highest BCUT2D eigenvalue weighted by atomic mass is 16.5. The van der Waals surface area contributed by atoms with E-state index in [-0.39, 0.29) is 13.0 Å². The van der Waals surface area contributed by atoms with Gasteiger partial charge in [-0.2, -0.15) is 5.26 Å². The molecule has 0 aromatic heterocycles. The van der Waals surface area contributed by atoms with Gasteiger partial charge < -0.3 is 4.74 Å². The summed E-state index contributed by atoms with van der Waals surface area (Å²) in [5.74, 6) is -0.441. The zero-order valence-electron chi connectivity index (χ0n) is 7.27. The lowest BCUT2D eigenvalue weighted by Gasteiger charge is -1.94. The number of esters is 1. The Balaban J connectivity index is 3.62. The highest BCUT2D eigenvalue weighted by Crippen LogP contribution is 1.85. The largest absolute Gasteiger partial charge is 0.461 e. The number of ether oxygens (including phenoxy) is 1. The molecule has 0 spiro atoms. The topological polar surface area (TPSA) is 50.1 Å². The molecule has 0 heterocycles. The number of carbonyl (C=O) groups is 1. The lowest BCUT2D eigenvalue weighted by molar-refractivity contribution is -0.137. The highest BCUT2D eigenvalue weighted by molar-refractivity contribution is 5.82. The fourth-order valence-corrected chi connectivity index (χ4v) is 0.522. The minimum Gasteiger partial charge on any atom is -0.461 e. The van der Waals surface area contributed by atoms with E-state index in [1.54, 1.807) is 24.3 Å². The van der Waals surface area contributed by atoms with Crippen LogP contribution in [0.1, 0.15) is 6.42 Å². The summed E-state index contributed by atoms with van der Waals surface area (Å²) in [7, 11) is 0. The van der Waals surface area contributed by atoms with Gasteiger partial charge in [-0.25, -0.2) is 4.79 Å². The molecular weight excluding hydrogens is 166 g/mol. The fraction of sp³-hybridized carbons (Fsp3) is 0.200. The molecule has 0 rings (SSSR count). The van der Waals surface area contributed by atoms with Gasteiger partial charge >= 0.3 is 5.97 Å². The lowest BCUT2D eigenvalue weighted by atomic mass is 10.4. The van der Waals surface area contributed by atoms with E-state index in [0.29, 0.717) is 0 Å². The molecule has 0 aromatic rings. The van der Waals surface area contributed by atoms with Crippen molar-refractivity contribution in [1.29, 1.82) is 5.26 Å².